The van der Waals surface area contributed by atoms with E-state index in [-0.39, 0.29) is 0 Å². The van der Waals surface area contributed by atoms with Gasteiger partial charge in [0.2, 0.25) is 0 Å². The molecule has 0 amide bonds. The highest BCUT2D eigenvalue weighted by atomic mass is 79.9. The third-order valence-corrected chi connectivity index (χ3v) is 2.44. The van der Waals surface area contributed by atoms with Gasteiger partial charge in [0, 0.05) is 30.5 Å². The summed E-state index contributed by atoms with van der Waals surface area (Å²) in [6.45, 7) is 1.87. The Kier molecular flexibility index (Phi) is 4.69. The SMILES string of the molecule is COC(=O)/C(=C\N(C)C)c1cc(Br)cc(C)n1. The summed E-state index contributed by atoms with van der Waals surface area (Å²) in [7, 11) is 5.04. The van der Waals surface area contributed by atoms with Gasteiger partial charge in [-0.1, -0.05) is 15.9 Å². The topological polar surface area (TPSA) is 42.4 Å². The van der Waals surface area contributed by atoms with Crippen molar-refractivity contribution in [2.75, 3.05) is 21.2 Å². The molecule has 0 N–H and O–H groups in total. The van der Waals surface area contributed by atoms with Crippen molar-refractivity contribution in [1.82, 2.24) is 9.88 Å². The van der Waals surface area contributed by atoms with Gasteiger partial charge in [0.15, 0.2) is 0 Å². The Morgan fingerprint density at radius 2 is 2.12 bits per heavy atom. The number of hydrogen-bond donors (Lipinski definition) is 0. The summed E-state index contributed by atoms with van der Waals surface area (Å²) in [5.41, 5.74) is 1.86. The zero-order valence-corrected chi connectivity index (χ0v) is 11.9. The van der Waals surface area contributed by atoms with Crippen molar-refractivity contribution in [2.45, 2.75) is 6.92 Å². The highest BCUT2D eigenvalue weighted by Gasteiger charge is 2.15. The van der Waals surface area contributed by atoms with Crippen LogP contribution in [0.15, 0.2) is 22.8 Å². The first-order valence-electron chi connectivity index (χ1n) is 5.05. The monoisotopic (exact) mass is 298 g/mol. The standard InChI is InChI=1S/C12H15BrN2O2/c1-8-5-9(13)6-11(14-8)10(7-15(2)3)12(16)17-4/h5-7H,1-4H3/b10-7-. The summed E-state index contributed by atoms with van der Waals surface area (Å²) >= 11 is 3.39. The summed E-state index contributed by atoms with van der Waals surface area (Å²) in [6, 6.07) is 3.67. The Morgan fingerprint density at radius 3 is 2.59 bits per heavy atom. The van der Waals surface area contributed by atoms with Gasteiger partial charge in [0.05, 0.1) is 12.8 Å². The molecule has 0 aliphatic rings. The molecule has 4 nitrogen and oxygen atoms in total. The molecule has 0 aliphatic carbocycles. The molecule has 17 heavy (non-hydrogen) atoms. The summed E-state index contributed by atoms with van der Waals surface area (Å²) in [6.07, 6.45) is 1.69. The number of carbonyl (C=O) groups excluding carboxylic acids is 1. The summed E-state index contributed by atoms with van der Waals surface area (Å²) in [4.78, 5) is 17.8. The third-order valence-electron chi connectivity index (χ3n) is 1.99. The molecule has 0 fully saturated rings. The van der Waals surface area contributed by atoms with Crippen molar-refractivity contribution in [3.63, 3.8) is 0 Å². The smallest absolute Gasteiger partial charge is 0.341 e. The molecule has 0 saturated carbocycles. The summed E-state index contributed by atoms with van der Waals surface area (Å²) < 4.78 is 5.64. The van der Waals surface area contributed by atoms with Crippen LogP contribution in [0.1, 0.15) is 11.4 Å². The van der Waals surface area contributed by atoms with Gasteiger partial charge >= 0.3 is 5.97 Å². The van der Waals surface area contributed by atoms with Crippen LogP contribution in [0, 0.1) is 6.92 Å². The van der Waals surface area contributed by atoms with Gasteiger partial charge in [0.25, 0.3) is 0 Å². The fraction of sp³-hybridized carbons (Fsp3) is 0.333. The fourth-order valence-electron chi connectivity index (χ4n) is 1.36. The van der Waals surface area contributed by atoms with Crippen LogP contribution < -0.4 is 0 Å². The normalized spacial score (nSPS) is 11.2. The van der Waals surface area contributed by atoms with Gasteiger partial charge in [-0.2, -0.15) is 0 Å². The van der Waals surface area contributed by atoms with Crippen molar-refractivity contribution < 1.29 is 9.53 Å². The zero-order chi connectivity index (χ0) is 13.0. The molecular weight excluding hydrogens is 284 g/mol. The van der Waals surface area contributed by atoms with E-state index in [1.165, 1.54) is 7.11 Å². The lowest BCUT2D eigenvalue weighted by Crippen LogP contribution is -2.11. The lowest BCUT2D eigenvalue weighted by Gasteiger charge is -2.11. The van der Waals surface area contributed by atoms with E-state index in [1.54, 1.807) is 17.2 Å². The third kappa shape index (κ3) is 3.85. The number of ether oxygens (including phenoxy) is 1. The number of esters is 1. The highest BCUT2D eigenvalue weighted by Crippen LogP contribution is 2.20. The zero-order valence-electron chi connectivity index (χ0n) is 10.3. The van der Waals surface area contributed by atoms with Crippen LogP contribution in [0.3, 0.4) is 0 Å². The number of halogens is 1. The van der Waals surface area contributed by atoms with Crippen LogP contribution >= 0.6 is 15.9 Å². The van der Waals surface area contributed by atoms with Gasteiger partial charge in [-0.25, -0.2) is 4.79 Å². The number of nitrogens with zero attached hydrogens (tertiary/aromatic N) is 2. The van der Waals surface area contributed by atoms with Crippen molar-refractivity contribution in [1.29, 1.82) is 0 Å². The average molecular weight is 299 g/mol. The van der Waals surface area contributed by atoms with E-state index in [9.17, 15) is 4.79 Å². The molecule has 0 aliphatic heterocycles. The molecule has 92 valence electrons. The summed E-state index contributed by atoms with van der Waals surface area (Å²) in [5.74, 6) is -0.399. The number of hydrogen-bond acceptors (Lipinski definition) is 4. The number of aryl methyl sites for hydroxylation is 1. The van der Waals surface area contributed by atoms with E-state index >= 15 is 0 Å². The maximum Gasteiger partial charge on any atom is 0.341 e. The summed E-state index contributed by atoms with van der Waals surface area (Å²) in [5, 5.41) is 0. The molecule has 0 atom stereocenters. The number of carbonyl (C=O) groups is 1. The minimum Gasteiger partial charge on any atom is -0.465 e. The molecule has 0 spiro atoms. The van der Waals surface area contributed by atoms with Gasteiger partial charge in [-0.15, -0.1) is 0 Å². The molecular formula is C12H15BrN2O2. The van der Waals surface area contributed by atoms with Crippen LogP contribution in [-0.2, 0) is 9.53 Å². The predicted octanol–water partition coefficient (Wildman–Crippen LogP) is 2.23. The molecule has 1 aromatic rings. The molecule has 0 unspecified atom stereocenters. The molecule has 0 saturated heterocycles. The minimum atomic E-state index is -0.399. The predicted molar refractivity (Wildman–Crippen MR) is 70.4 cm³/mol. The quantitative estimate of drug-likeness (QED) is 0.634. The second kappa shape index (κ2) is 5.82. The van der Waals surface area contributed by atoms with E-state index in [0.717, 1.165) is 10.2 Å². The van der Waals surface area contributed by atoms with E-state index in [2.05, 4.69) is 20.9 Å². The number of methoxy groups -OCH3 is 1. The molecule has 1 rings (SSSR count). The number of rotatable bonds is 3. The molecule has 1 aromatic heterocycles. The Labute approximate surface area is 109 Å². The second-order valence-corrected chi connectivity index (χ2v) is 4.73. The number of aromatic nitrogens is 1. The Morgan fingerprint density at radius 1 is 1.47 bits per heavy atom. The van der Waals surface area contributed by atoms with Gasteiger partial charge in [0.1, 0.15) is 5.57 Å². The van der Waals surface area contributed by atoms with Gasteiger partial charge < -0.3 is 9.64 Å². The van der Waals surface area contributed by atoms with E-state index in [4.69, 9.17) is 4.74 Å². The molecule has 5 heteroatoms. The second-order valence-electron chi connectivity index (χ2n) is 3.81. The maximum absolute atomic E-state index is 11.7. The van der Waals surface area contributed by atoms with Crippen LogP contribution in [0.4, 0.5) is 0 Å². The van der Waals surface area contributed by atoms with Gasteiger partial charge in [-0.05, 0) is 19.1 Å². The Balaban J connectivity index is 3.27. The molecule has 0 aromatic carbocycles. The van der Waals surface area contributed by atoms with Crippen molar-refractivity contribution in [3.05, 3.63) is 34.2 Å². The molecule has 0 bridgehead atoms. The Hall–Kier alpha value is -1.36. The van der Waals surface area contributed by atoms with Crippen LogP contribution in [0.2, 0.25) is 0 Å². The van der Waals surface area contributed by atoms with E-state index in [1.807, 2.05) is 27.1 Å². The largest absolute Gasteiger partial charge is 0.465 e. The van der Waals surface area contributed by atoms with E-state index < -0.39 is 5.97 Å². The molecule has 0 radical (unpaired) electrons. The molecule has 1 heterocycles. The maximum atomic E-state index is 11.7. The Bertz CT molecular complexity index is 436. The van der Waals surface area contributed by atoms with Crippen LogP contribution in [0.5, 0.6) is 0 Å². The first-order valence-corrected chi connectivity index (χ1v) is 5.84. The first kappa shape index (κ1) is 13.7. The fourth-order valence-corrected chi connectivity index (χ4v) is 1.90. The highest BCUT2D eigenvalue weighted by molar-refractivity contribution is 9.10. The number of pyridine rings is 1. The first-order chi connectivity index (χ1) is 7.93. The van der Waals surface area contributed by atoms with Crippen molar-refractivity contribution >= 4 is 27.5 Å². The lowest BCUT2D eigenvalue weighted by atomic mass is 10.1. The van der Waals surface area contributed by atoms with Crippen LogP contribution in [0.25, 0.3) is 5.57 Å². The minimum absolute atomic E-state index is 0.399. The van der Waals surface area contributed by atoms with Crippen molar-refractivity contribution in [3.8, 4) is 0 Å². The van der Waals surface area contributed by atoms with Crippen molar-refractivity contribution in [2.24, 2.45) is 0 Å². The van der Waals surface area contributed by atoms with Crippen LogP contribution in [-0.4, -0.2) is 37.1 Å². The average Bonchev–Trinajstić information content (AvgIpc) is 2.23. The van der Waals surface area contributed by atoms with Gasteiger partial charge in [-0.3, -0.25) is 4.98 Å². The van der Waals surface area contributed by atoms with E-state index in [0.29, 0.717) is 11.3 Å². The lowest BCUT2D eigenvalue weighted by molar-refractivity contribution is -0.133.